The topological polar surface area (TPSA) is 86.6 Å². The molecule has 170 valence electrons. The summed E-state index contributed by atoms with van der Waals surface area (Å²) in [6.07, 6.45) is 3.02. The molecule has 1 aromatic heterocycles. The predicted octanol–water partition coefficient (Wildman–Crippen LogP) is 4.34. The summed E-state index contributed by atoms with van der Waals surface area (Å²) in [5, 5.41) is 2.68. The smallest absolute Gasteiger partial charge is 0.340 e. The van der Waals surface area contributed by atoms with Crippen LogP contribution in [0.2, 0.25) is 0 Å². The lowest BCUT2D eigenvalue weighted by Crippen LogP contribution is -2.17. The number of esters is 1. The van der Waals surface area contributed by atoms with Crippen molar-refractivity contribution >= 4 is 29.4 Å². The van der Waals surface area contributed by atoms with Gasteiger partial charge < -0.3 is 19.4 Å². The molecule has 3 rings (SSSR count). The van der Waals surface area contributed by atoms with E-state index in [1.807, 2.05) is 37.6 Å². The van der Waals surface area contributed by atoms with Gasteiger partial charge >= 0.3 is 5.97 Å². The standard InChI is InChI=1S/C26H26N2O5/c1-17-15-22(18(2)28(17)3)24(29)16-33-26(31)21-7-5-6-8-23(21)27-25(30)14-11-19-9-12-20(32-4)13-10-19/h5-15H,16H2,1-4H3,(H,27,30). The minimum Gasteiger partial charge on any atom is -0.497 e. The fourth-order valence-corrected chi connectivity index (χ4v) is 3.26. The number of methoxy groups -OCH3 is 1. The minimum absolute atomic E-state index is 0.164. The zero-order chi connectivity index (χ0) is 24.0. The molecule has 0 aliphatic rings. The van der Waals surface area contributed by atoms with Crippen molar-refractivity contribution in [2.45, 2.75) is 13.8 Å². The highest BCUT2D eigenvalue weighted by atomic mass is 16.5. The van der Waals surface area contributed by atoms with Gasteiger partial charge in [0.15, 0.2) is 6.61 Å². The average molecular weight is 447 g/mol. The first-order valence-electron chi connectivity index (χ1n) is 10.4. The molecule has 0 radical (unpaired) electrons. The Balaban J connectivity index is 1.64. The van der Waals surface area contributed by atoms with Crippen LogP contribution in [0.5, 0.6) is 5.75 Å². The van der Waals surface area contributed by atoms with Crippen LogP contribution in [0.3, 0.4) is 0 Å². The number of nitrogens with zero attached hydrogens (tertiary/aromatic N) is 1. The molecule has 1 amide bonds. The maximum absolute atomic E-state index is 12.6. The minimum atomic E-state index is -0.691. The van der Waals surface area contributed by atoms with E-state index in [1.54, 1.807) is 49.6 Å². The van der Waals surface area contributed by atoms with Crippen LogP contribution in [-0.2, 0) is 16.6 Å². The maximum Gasteiger partial charge on any atom is 0.340 e. The van der Waals surface area contributed by atoms with Crippen LogP contribution in [0, 0.1) is 13.8 Å². The molecule has 0 saturated carbocycles. The number of carbonyl (C=O) groups excluding carboxylic acids is 3. The summed E-state index contributed by atoms with van der Waals surface area (Å²) in [4.78, 5) is 37.5. The first kappa shape index (κ1) is 23.5. The third-order valence-corrected chi connectivity index (χ3v) is 5.36. The Bertz CT molecular complexity index is 1210. The molecule has 0 aliphatic carbocycles. The first-order chi connectivity index (χ1) is 15.8. The molecule has 2 aromatic carbocycles. The van der Waals surface area contributed by atoms with Crippen molar-refractivity contribution < 1.29 is 23.9 Å². The molecule has 0 bridgehead atoms. The van der Waals surface area contributed by atoms with Crippen molar-refractivity contribution in [2.24, 2.45) is 7.05 Å². The molecule has 1 N–H and O–H groups in total. The van der Waals surface area contributed by atoms with Crippen LogP contribution in [0.1, 0.15) is 37.7 Å². The molecule has 7 nitrogen and oxygen atoms in total. The van der Waals surface area contributed by atoms with Gasteiger partial charge in [0.1, 0.15) is 5.75 Å². The number of amides is 1. The van der Waals surface area contributed by atoms with E-state index in [1.165, 1.54) is 12.1 Å². The van der Waals surface area contributed by atoms with E-state index in [2.05, 4.69) is 5.32 Å². The summed E-state index contributed by atoms with van der Waals surface area (Å²) in [7, 11) is 3.45. The molecule has 1 heterocycles. The van der Waals surface area contributed by atoms with Gasteiger partial charge in [-0.3, -0.25) is 9.59 Å². The number of Topliss-reactive ketones (excluding diaryl/α,β-unsaturated/α-hetero) is 1. The van der Waals surface area contributed by atoms with Gasteiger partial charge in [-0.05, 0) is 55.8 Å². The van der Waals surface area contributed by atoms with Crippen molar-refractivity contribution in [1.29, 1.82) is 0 Å². The molecule has 0 saturated heterocycles. The third-order valence-electron chi connectivity index (χ3n) is 5.36. The Labute approximate surface area is 192 Å². The monoisotopic (exact) mass is 446 g/mol. The summed E-state index contributed by atoms with van der Waals surface area (Å²) in [6.45, 7) is 3.35. The first-order valence-corrected chi connectivity index (χ1v) is 10.4. The third kappa shape index (κ3) is 5.77. The van der Waals surface area contributed by atoms with Crippen molar-refractivity contribution in [3.63, 3.8) is 0 Å². The van der Waals surface area contributed by atoms with Crippen molar-refractivity contribution in [3.8, 4) is 5.75 Å². The molecule has 0 fully saturated rings. The van der Waals surface area contributed by atoms with Gasteiger partial charge in [-0.25, -0.2) is 4.79 Å². The lowest BCUT2D eigenvalue weighted by molar-refractivity contribution is -0.111. The zero-order valence-electron chi connectivity index (χ0n) is 19.0. The van der Waals surface area contributed by atoms with Crippen LogP contribution in [0.4, 0.5) is 5.69 Å². The number of ketones is 1. The van der Waals surface area contributed by atoms with Gasteiger partial charge in [0, 0.05) is 30.1 Å². The number of ether oxygens (including phenoxy) is 2. The second-order valence-corrected chi connectivity index (χ2v) is 7.48. The van der Waals surface area contributed by atoms with Gasteiger partial charge in [-0.1, -0.05) is 24.3 Å². The number of hydrogen-bond donors (Lipinski definition) is 1. The number of benzene rings is 2. The van der Waals surface area contributed by atoms with Gasteiger partial charge in [0.25, 0.3) is 0 Å². The van der Waals surface area contributed by atoms with E-state index in [4.69, 9.17) is 9.47 Å². The van der Waals surface area contributed by atoms with Crippen LogP contribution in [-0.4, -0.2) is 35.9 Å². The number of aryl methyl sites for hydroxylation is 1. The zero-order valence-corrected chi connectivity index (χ0v) is 19.0. The van der Waals surface area contributed by atoms with Gasteiger partial charge in [0.2, 0.25) is 11.7 Å². The van der Waals surface area contributed by atoms with Crippen LogP contribution < -0.4 is 10.1 Å². The maximum atomic E-state index is 12.6. The average Bonchev–Trinajstić information content (AvgIpc) is 3.09. The summed E-state index contributed by atoms with van der Waals surface area (Å²) in [5.74, 6) is -0.658. The van der Waals surface area contributed by atoms with E-state index >= 15 is 0 Å². The van der Waals surface area contributed by atoms with Gasteiger partial charge in [-0.2, -0.15) is 0 Å². The highest BCUT2D eigenvalue weighted by Crippen LogP contribution is 2.18. The second kappa shape index (κ2) is 10.5. The van der Waals surface area contributed by atoms with E-state index in [0.717, 1.165) is 22.7 Å². The molecule has 7 heteroatoms. The highest BCUT2D eigenvalue weighted by Gasteiger charge is 2.18. The Hall–Kier alpha value is -4.13. The van der Waals surface area contributed by atoms with E-state index in [0.29, 0.717) is 11.3 Å². The van der Waals surface area contributed by atoms with Crippen LogP contribution >= 0.6 is 0 Å². The van der Waals surface area contributed by atoms with E-state index in [9.17, 15) is 14.4 Å². The Kier molecular flexibility index (Phi) is 7.46. The van der Waals surface area contributed by atoms with Gasteiger partial charge in [0.05, 0.1) is 18.4 Å². The largest absolute Gasteiger partial charge is 0.497 e. The quantitative estimate of drug-likeness (QED) is 0.316. The highest BCUT2D eigenvalue weighted by molar-refractivity contribution is 6.07. The number of aromatic nitrogens is 1. The fourth-order valence-electron chi connectivity index (χ4n) is 3.26. The Morgan fingerprint density at radius 3 is 2.33 bits per heavy atom. The van der Waals surface area contributed by atoms with Crippen molar-refractivity contribution in [1.82, 2.24) is 4.57 Å². The Morgan fingerprint density at radius 1 is 1.00 bits per heavy atom. The molecular weight excluding hydrogens is 420 g/mol. The Morgan fingerprint density at radius 2 is 1.70 bits per heavy atom. The summed E-state index contributed by atoms with van der Waals surface area (Å²) in [6, 6.07) is 15.5. The van der Waals surface area contributed by atoms with Crippen molar-refractivity contribution in [2.75, 3.05) is 19.0 Å². The van der Waals surface area contributed by atoms with Gasteiger partial charge in [-0.15, -0.1) is 0 Å². The molecule has 0 atom stereocenters. The number of carbonyl (C=O) groups is 3. The SMILES string of the molecule is COc1ccc(C=CC(=O)Nc2ccccc2C(=O)OCC(=O)c2cc(C)n(C)c2C)cc1. The lowest BCUT2D eigenvalue weighted by atomic mass is 10.1. The number of hydrogen-bond acceptors (Lipinski definition) is 5. The van der Waals surface area contributed by atoms with Crippen LogP contribution in [0.15, 0.2) is 60.7 Å². The molecule has 3 aromatic rings. The van der Waals surface area contributed by atoms with Crippen molar-refractivity contribution in [3.05, 3.63) is 88.8 Å². The number of anilines is 1. The number of para-hydroxylation sites is 1. The fraction of sp³-hybridized carbons (Fsp3) is 0.192. The summed E-state index contributed by atoms with van der Waals surface area (Å²) >= 11 is 0. The molecule has 0 unspecified atom stereocenters. The molecule has 0 spiro atoms. The van der Waals surface area contributed by atoms with E-state index in [-0.39, 0.29) is 18.0 Å². The predicted molar refractivity (Wildman–Crippen MR) is 127 cm³/mol. The number of nitrogens with one attached hydrogen (secondary N) is 1. The molecular formula is C26H26N2O5. The summed E-state index contributed by atoms with van der Waals surface area (Å²) in [5.41, 5.74) is 3.56. The van der Waals surface area contributed by atoms with Crippen LogP contribution in [0.25, 0.3) is 6.08 Å². The summed E-state index contributed by atoms with van der Waals surface area (Å²) < 4.78 is 12.3. The molecule has 33 heavy (non-hydrogen) atoms. The normalized spacial score (nSPS) is 10.8. The molecule has 0 aliphatic heterocycles. The number of rotatable bonds is 8. The lowest BCUT2D eigenvalue weighted by Gasteiger charge is -2.10. The second-order valence-electron chi connectivity index (χ2n) is 7.48. The van der Waals surface area contributed by atoms with E-state index < -0.39 is 11.9 Å².